The van der Waals surface area contributed by atoms with Crippen LogP contribution in [0.3, 0.4) is 0 Å². The SMILES string of the molecule is CCC1CC1CNc1cc(N)ns1. The maximum atomic E-state index is 5.51. The van der Waals surface area contributed by atoms with Gasteiger partial charge in [-0.05, 0) is 29.8 Å². The van der Waals surface area contributed by atoms with Gasteiger partial charge in [0.2, 0.25) is 0 Å². The summed E-state index contributed by atoms with van der Waals surface area (Å²) in [7, 11) is 0. The lowest BCUT2D eigenvalue weighted by molar-refractivity contribution is 0.702. The topological polar surface area (TPSA) is 50.9 Å². The summed E-state index contributed by atoms with van der Waals surface area (Å²) >= 11 is 1.44. The summed E-state index contributed by atoms with van der Waals surface area (Å²) in [4.78, 5) is 0. The average molecular weight is 197 g/mol. The lowest BCUT2D eigenvalue weighted by Crippen LogP contribution is -2.03. The molecule has 4 heteroatoms. The first-order chi connectivity index (χ1) is 6.29. The van der Waals surface area contributed by atoms with Crippen LogP contribution in [0.4, 0.5) is 10.8 Å². The van der Waals surface area contributed by atoms with Gasteiger partial charge in [-0.1, -0.05) is 13.3 Å². The van der Waals surface area contributed by atoms with E-state index in [4.69, 9.17) is 5.73 Å². The van der Waals surface area contributed by atoms with Gasteiger partial charge in [-0.3, -0.25) is 0 Å². The molecule has 1 aromatic rings. The van der Waals surface area contributed by atoms with Crippen molar-refractivity contribution in [3.8, 4) is 0 Å². The van der Waals surface area contributed by atoms with Crippen LogP contribution in [0.2, 0.25) is 0 Å². The van der Waals surface area contributed by atoms with Gasteiger partial charge >= 0.3 is 0 Å². The van der Waals surface area contributed by atoms with Gasteiger partial charge in [0.05, 0.1) is 0 Å². The summed E-state index contributed by atoms with van der Waals surface area (Å²) in [5, 5.41) is 4.46. The van der Waals surface area contributed by atoms with E-state index in [-0.39, 0.29) is 0 Å². The summed E-state index contributed by atoms with van der Waals surface area (Å²) in [6.07, 6.45) is 2.70. The van der Waals surface area contributed by atoms with Crippen LogP contribution in [-0.2, 0) is 0 Å². The minimum absolute atomic E-state index is 0.621. The van der Waals surface area contributed by atoms with Gasteiger partial charge in [0.15, 0.2) is 0 Å². The molecule has 0 aliphatic heterocycles. The van der Waals surface area contributed by atoms with E-state index in [1.165, 1.54) is 24.4 Å². The molecule has 2 rings (SSSR count). The van der Waals surface area contributed by atoms with Crippen LogP contribution in [-0.4, -0.2) is 10.9 Å². The number of rotatable bonds is 4. The van der Waals surface area contributed by atoms with E-state index in [2.05, 4.69) is 16.6 Å². The highest BCUT2D eigenvalue weighted by Gasteiger charge is 2.34. The van der Waals surface area contributed by atoms with E-state index in [1.807, 2.05) is 6.07 Å². The maximum absolute atomic E-state index is 5.51. The number of nitrogens with zero attached hydrogens (tertiary/aromatic N) is 1. The number of hydrogen-bond donors (Lipinski definition) is 2. The van der Waals surface area contributed by atoms with Crippen molar-refractivity contribution in [3.05, 3.63) is 6.07 Å². The first kappa shape index (κ1) is 8.81. The van der Waals surface area contributed by atoms with Gasteiger partial charge in [0.1, 0.15) is 10.8 Å². The molecule has 0 aromatic carbocycles. The molecule has 1 fully saturated rings. The first-order valence-electron chi connectivity index (χ1n) is 4.75. The number of nitrogen functional groups attached to an aromatic ring is 1. The van der Waals surface area contributed by atoms with Crippen molar-refractivity contribution in [2.75, 3.05) is 17.6 Å². The Labute approximate surface area is 82.5 Å². The number of hydrogen-bond acceptors (Lipinski definition) is 4. The van der Waals surface area contributed by atoms with Gasteiger partial charge in [-0.15, -0.1) is 0 Å². The van der Waals surface area contributed by atoms with Crippen molar-refractivity contribution in [2.24, 2.45) is 11.8 Å². The monoisotopic (exact) mass is 197 g/mol. The lowest BCUT2D eigenvalue weighted by atomic mass is 10.2. The molecule has 72 valence electrons. The van der Waals surface area contributed by atoms with Crippen LogP contribution in [0.15, 0.2) is 6.07 Å². The zero-order valence-corrected chi connectivity index (χ0v) is 8.60. The Morgan fingerprint density at radius 3 is 3.08 bits per heavy atom. The number of nitrogens with two attached hydrogens (primary N) is 1. The van der Waals surface area contributed by atoms with Gasteiger partial charge in [-0.25, -0.2) is 0 Å². The molecule has 2 atom stereocenters. The zero-order valence-electron chi connectivity index (χ0n) is 7.79. The molecule has 1 aromatic heterocycles. The largest absolute Gasteiger partial charge is 0.383 e. The molecule has 1 aliphatic carbocycles. The third-order valence-electron chi connectivity index (χ3n) is 2.66. The quantitative estimate of drug-likeness (QED) is 0.778. The molecule has 0 amide bonds. The molecular weight excluding hydrogens is 182 g/mol. The van der Waals surface area contributed by atoms with Crippen LogP contribution >= 0.6 is 11.5 Å². The summed E-state index contributed by atoms with van der Waals surface area (Å²) in [6, 6.07) is 1.90. The van der Waals surface area contributed by atoms with Gasteiger partial charge < -0.3 is 11.1 Å². The molecule has 3 N–H and O–H groups in total. The van der Waals surface area contributed by atoms with E-state index in [0.29, 0.717) is 5.82 Å². The van der Waals surface area contributed by atoms with Crippen molar-refractivity contribution in [1.29, 1.82) is 0 Å². The van der Waals surface area contributed by atoms with Crippen molar-refractivity contribution in [2.45, 2.75) is 19.8 Å². The van der Waals surface area contributed by atoms with Gasteiger partial charge in [0, 0.05) is 12.6 Å². The Morgan fingerprint density at radius 2 is 2.54 bits per heavy atom. The first-order valence-corrected chi connectivity index (χ1v) is 5.53. The van der Waals surface area contributed by atoms with Gasteiger partial charge in [-0.2, -0.15) is 4.37 Å². The summed E-state index contributed by atoms with van der Waals surface area (Å²) < 4.78 is 4.01. The average Bonchev–Trinajstić information content (AvgIpc) is 2.78. The Kier molecular flexibility index (Phi) is 2.40. The van der Waals surface area contributed by atoms with Crippen LogP contribution in [0.1, 0.15) is 19.8 Å². The Hall–Kier alpha value is -0.770. The normalized spacial score (nSPS) is 25.9. The van der Waals surface area contributed by atoms with Crippen LogP contribution < -0.4 is 11.1 Å². The minimum atomic E-state index is 0.621. The predicted molar refractivity (Wildman–Crippen MR) is 56.9 cm³/mol. The standard InChI is InChI=1S/C9H15N3S/c1-2-6-3-7(6)5-11-9-4-8(10)12-13-9/h4,6-7,11H,2-3,5H2,1H3,(H2,10,12). The van der Waals surface area contributed by atoms with Crippen molar-refractivity contribution >= 4 is 22.4 Å². The fourth-order valence-electron chi connectivity index (χ4n) is 1.66. The number of nitrogens with one attached hydrogen (secondary N) is 1. The Bertz CT molecular complexity index is 284. The molecule has 2 unspecified atom stereocenters. The van der Waals surface area contributed by atoms with Crippen molar-refractivity contribution in [3.63, 3.8) is 0 Å². The highest BCUT2D eigenvalue weighted by Crippen LogP contribution is 2.41. The van der Waals surface area contributed by atoms with Crippen molar-refractivity contribution < 1.29 is 0 Å². The van der Waals surface area contributed by atoms with Crippen LogP contribution in [0.25, 0.3) is 0 Å². The zero-order chi connectivity index (χ0) is 9.26. The fraction of sp³-hybridized carbons (Fsp3) is 0.667. The summed E-state index contributed by atoms with van der Waals surface area (Å²) in [5.41, 5.74) is 5.51. The lowest BCUT2D eigenvalue weighted by Gasteiger charge is -2.00. The summed E-state index contributed by atoms with van der Waals surface area (Å²) in [6.45, 7) is 3.34. The molecule has 1 heterocycles. The second-order valence-corrected chi connectivity index (χ2v) is 4.47. The highest BCUT2D eigenvalue weighted by molar-refractivity contribution is 7.10. The maximum Gasteiger partial charge on any atom is 0.139 e. The molecule has 1 saturated carbocycles. The third kappa shape index (κ3) is 2.12. The highest BCUT2D eigenvalue weighted by atomic mass is 32.1. The molecule has 0 bridgehead atoms. The molecule has 13 heavy (non-hydrogen) atoms. The van der Waals surface area contributed by atoms with E-state index in [0.717, 1.165) is 23.4 Å². The van der Waals surface area contributed by atoms with Gasteiger partial charge in [0.25, 0.3) is 0 Å². The Morgan fingerprint density at radius 1 is 1.69 bits per heavy atom. The summed E-state index contributed by atoms with van der Waals surface area (Å²) in [5.74, 6) is 2.46. The number of aromatic nitrogens is 1. The molecule has 3 nitrogen and oxygen atoms in total. The Balaban J connectivity index is 1.75. The predicted octanol–water partition coefficient (Wildman–Crippen LogP) is 2.18. The molecule has 0 radical (unpaired) electrons. The smallest absolute Gasteiger partial charge is 0.139 e. The van der Waals surface area contributed by atoms with Crippen LogP contribution in [0, 0.1) is 11.8 Å². The number of anilines is 2. The third-order valence-corrected chi connectivity index (χ3v) is 3.42. The minimum Gasteiger partial charge on any atom is -0.383 e. The second kappa shape index (κ2) is 3.54. The van der Waals surface area contributed by atoms with E-state index in [9.17, 15) is 0 Å². The second-order valence-electron chi connectivity index (χ2n) is 3.66. The van der Waals surface area contributed by atoms with E-state index >= 15 is 0 Å². The van der Waals surface area contributed by atoms with Crippen molar-refractivity contribution in [1.82, 2.24) is 4.37 Å². The van der Waals surface area contributed by atoms with E-state index in [1.54, 1.807) is 0 Å². The molecular formula is C9H15N3S. The molecule has 1 aliphatic rings. The van der Waals surface area contributed by atoms with E-state index < -0.39 is 0 Å². The fourth-order valence-corrected chi connectivity index (χ4v) is 2.24. The van der Waals surface area contributed by atoms with Crippen LogP contribution in [0.5, 0.6) is 0 Å². The molecule has 0 spiro atoms. The molecule has 0 saturated heterocycles.